The summed E-state index contributed by atoms with van der Waals surface area (Å²) in [5, 5.41) is 12.7. The lowest BCUT2D eigenvalue weighted by molar-refractivity contribution is 0.380. The summed E-state index contributed by atoms with van der Waals surface area (Å²) in [6, 6.07) is 8.70. The Labute approximate surface area is 170 Å². The summed E-state index contributed by atoms with van der Waals surface area (Å²) < 4.78 is 72.8. The summed E-state index contributed by atoms with van der Waals surface area (Å²) in [7, 11) is -0.726. The van der Waals surface area contributed by atoms with Gasteiger partial charge in [-0.25, -0.2) is 22.0 Å². The van der Waals surface area contributed by atoms with Crippen LogP contribution in [0.4, 0.5) is 22.0 Å². The van der Waals surface area contributed by atoms with Crippen LogP contribution in [0.3, 0.4) is 0 Å². The number of para-hydroxylation sites is 1. The Kier molecular flexibility index (Phi) is 4.46. The Bertz CT molecular complexity index is 1330. The molecule has 0 radical (unpaired) electrons. The molecule has 0 unspecified atom stereocenters. The second-order valence-electron chi connectivity index (χ2n) is 8.31. The number of hydrogen-bond acceptors (Lipinski definition) is 1. The molecule has 8 heteroatoms. The van der Waals surface area contributed by atoms with Crippen LogP contribution in [0.15, 0.2) is 30.3 Å². The lowest BCUT2D eigenvalue weighted by atomic mass is 9.99. The third-order valence-electron chi connectivity index (χ3n) is 5.38. The van der Waals surface area contributed by atoms with Crippen molar-refractivity contribution in [2.75, 3.05) is 0 Å². The predicted molar refractivity (Wildman–Crippen MR) is 110 cm³/mol. The zero-order chi connectivity index (χ0) is 22.1. The van der Waals surface area contributed by atoms with Gasteiger partial charge in [-0.3, -0.25) is 0 Å². The highest BCUT2D eigenvalue weighted by Crippen LogP contribution is 2.41. The maximum absolute atomic E-state index is 14.7. The van der Waals surface area contributed by atoms with Crippen LogP contribution in [-0.4, -0.2) is 17.7 Å². The minimum absolute atomic E-state index is 0.347. The van der Waals surface area contributed by atoms with E-state index < -0.39 is 48.5 Å². The molecular weight excluding hydrogens is 417 g/mol. The summed E-state index contributed by atoms with van der Waals surface area (Å²) in [5.74, 6) is -10.8. The van der Waals surface area contributed by atoms with Gasteiger partial charge in [0.15, 0.2) is 23.3 Å². The van der Waals surface area contributed by atoms with Gasteiger partial charge in [0.05, 0.1) is 13.6 Å². The van der Waals surface area contributed by atoms with E-state index in [-0.39, 0.29) is 5.56 Å². The van der Waals surface area contributed by atoms with Crippen LogP contribution in [0.2, 0.25) is 19.6 Å². The molecule has 4 rings (SSSR count). The Balaban J connectivity index is 2.31. The Hall–Kier alpha value is -2.87. The molecule has 30 heavy (non-hydrogen) atoms. The van der Waals surface area contributed by atoms with E-state index in [0.717, 1.165) is 10.9 Å². The number of benzene rings is 3. The summed E-state index contributed by atoms with van der Waals surface area (Å²) in [6.07, 6.45) is 0. The van der Waals surface area contributed by atoms with Crippen LogP contribution in [-0.2, 0) is 7.05 Å². The van der Waals surface area contributed by atoms with Crippen LogP contribution in [0, 0.1) is 29.1 Å². The first kappa shape index (κ1) is 20.4. The number of nitrogens with zero attached hydrogens (tertiary/aromatic N) is 1. The highest BCUT2D eigenvalue weighted by Gasteiger charge is 2.35. The van der Waals surface area contributed by atoms with E-state index in [9.17, 15) is 27.1 Å². The first-order valence-electron chi connectivity index (χ1n) is 9.22. The molecule has 0 spiro atoms. The van der Waals surface area contributed by atoms with Crippen LogP contribution >= 0.6 is 0 Å². The van der Waals surface area contributed by atoms with Crippen molar-refractivity contribution in [3.8, 4) is 16.9 Å². The number of aromatic hydroxyl groups is 1. The van der Waals surface area contributed by atoms with Crippen LogP contribution in [0.1, 0.15) is 0 Å². The minimum Gasteiger partial charge on any atom is -0.507 e. The van der Waals surface area contributed by atoms with Gasteiger partial charge in [0.1, 0.15) is 5.75 Å². The van der Waals surface area contributed by atoms with Gasteiger partial charge >= 0.3 is 0 Å². The summed E-state index contributed by atoms with van der Waals surface area (Å²) >= 11 is 0. The second kappa shape index (κ2) is 6.56. The maximum Gasteiger partial charge on any atom is 0.200 e. The normalized spacial score (nSPS) is 12.3. The first-order chi connectivity index (χ1) is 14.0. The fourth-order valence-electron chi connectivity index (χ4n) is 4.13. The SMILES string of the molecule is Cn1c2ccccc2c2cc(O)c(-c3c(F)c(F)c(F)c(F)c3F)c([Si](C)(C)C)c21. The average molecular weight is 435 g/mol. The maximum atomic E-state index is 14.7. The molecule has 0 aliphatic rings. The minimum atomic E-state index is -2.50. The van der Waals surface area contributed by atoms with E-state index in [1.165, 1.54) is 6.07 Å². The van der Waals surface area contributed by atoms with Crippen molar-refractivity contribution >= 4 is 35.1 Å². The van der Waals surface area contributed by atoms with Crippen LogP contribution < -0.4 is 5.19 Å². The second-order valence-corrected chi connectivity index (χ2v) is 13.3. The molecule has 0 atom stereocenters. The zero-order valence-electron chi connectivity index (χ0n) is 16.7. The molecule has 0 fully saturated rings. The molecule has 1 heterocycles. The van der Waals surface area contributed by atoms with E-state index in [0.29, 0.717) is 16.1 Å². The smallest absolute Gasteiger partial charge is 0.200 e. The monoisotopic (exact) mass is 435 g/mol. The van der Waals surface area contributed by atoms with E-state index in [1.54, 1.807) is 7.05 Å². The number of phenolic OH excluding ortho intramolecular Hbond substituents is 1. The molecule has 4 aromatic rings. The van der Waals surface area contributed by atoms with Crippen molar-refractivity contribution in [2.24, 2.45) is 7.05 Å². The molecule has 3 aromatic carbocycles. The Morgan fingerprint density at radius 3 is 1.87 bits per heavy atom. The Morgan fingerprint density at radius 2 is 1.30 bits per heavy atom. The van der Waals surface area contributed by atoms with Gasteiger partial charge in [0.25, 0.3) is 0 Å². The number of rotatable bonds is 2. The lowest BCUT2D eigenvalue weighted by Gasteiger charge is -2.25. The van der Waals surface area contributed by atoms with Gasteiger partial charge in [-0.2, -0.15) is 0 Å². The fraction of sp³-hybridized carbons (Fsp3) is 0.182. The van der Waals surface area contributed by atoms with Crippen molar-refractivity contribution in [1.82, 2.24) is 4.57 Å². The molecule has 0 saturated carbocycles. The molecule has 0 saturated heterocycles. The largest absolute Gasteiger partial charge is 0.507 e. The fourth-order valence-corrected chi connectivity index (χ4v) is 6.15. The summed E-state index contributed by atoms with van der Waals surface area (Å²) in [6.45, 7) is 5.65. The van der Waals surface area contributed by atoms with Gasteiger partial charge in [-0.1, -0.05) is 37.8 Å². The number of aryl methyl sites for hydroxylation is 1. The van der Waals surface area contributed by atoms with Crippen molar-refractivity contribution in [1.29, 1.82) is 0 Å². The van der Waals surface area contributed by atoms with Crippen LogP contribution in [0.5, 0.6) is 5.75 Å². The quantitative estimate of drug-likeness (QED) is 0.179. The molecule has 0 aliphatic carbocycles. The van der Waals surface area contributed by atoms with Gasteiger partial charge < -0.3 is 9.67 Å². The predicted octanol–water partition coefficient (Wildman–Crippen LogP) is 5.94. The highest BCUT2D eigenvalue weighted by molar-refractivity contribution is 6.91. The highest BCUT2D eigenvalue weighted by atomic mass is 28.3. The van der Waals surface area contributed by atoms with Crippen molar-refractivity contribution < 1.29 is 27.1 Å². The number of phenols is 1. The summed E-state index contributed by atoms with van der Waals surface area (Å²) in [4.78, 5) is 0. The Morgan fingerprint density at radius 1 is 0.767 bits per heavy atom. The van der Waals surface area contributed by atoms with Crippen LogP contribution in [0.25, 0.3) is 32.9 Å². The van der Waals surface area contributed by atoms with Gasteiger partial charge in [0.2, 0.25) is 5.82 Å². The topological polar surface area (TPSA) is 25.2 Å². The third kappa shape index (κ3) is 2.66. The zero-order valence-corrected chi connectivity index (χ0v) is 17.7. The average Bonchev–Trinajstić information content (AvgIpc) is 2.96. The van der Waals surface area contributed by atoms with E-state index in [1.807, 2.05) is 48.5 Å². The van der Waals surface area contributed by atoms with E-state index in [4.69, 9.17) is 0 Å². The number of fused-ring (bicyclic) bond motifs is 3. The van der Waals surface area contributed by atoms with Gasteiger partial charge in [-0.05, 0) is 17.3 Å². The lowest BCUT2D eigenvalue weighted by Crippen LogP contribution is -2.40. The van der Waals surface area contributed by atoms with Crippen molar-refractivity contribution in [3.05, 3.63) is 59.4 Å². The number of aromatic nitrogens is 1. The molecule has 0 aliphatic heterocycles. The van der Waals surface area contributed by atoms with Crippen molar-refractivity contribution in [3.63, 3.8) is 0 Å². The summed E-state index contributed by atoms with van der Waals surface area (Å²) in [5.41, 5.74) is -0.0260. The van der Waals surface area contributed by atoms with Gasteiger partial charge in [0, 0.05) is 34.4 Å². The third-order valence-corrected chi connectivity index (χ3v) is 7.37. The first-order valence-corrected chi connectivity index (χ1v) is 12.7. The molecule has 0 amide bonds. The molecule has 1 N–H and O–H groups in total. The molecule has 156 valence electrons. The molecule has 0 bridgehead atoms. The van der Waals surface area contributed by atoms with Gasteiger partial charge in [-0.15, -0.1) is 0 Å². The number of hydrogen-bond donors (Lipinski definition) is 1. The molecule has 2 nitrogen and oxygen atoms in total. The molecular formula is C22H18F5NOSi. The van der Waals surface area contributed by atoms with E-state index in [2.05, 4.69) is 0 Å². The van der Waals surface area contributed by atoms with E-state index >= 15 is 0 Å². The standard InChI is InChI=1S/C22H18F5NOSi/c1-28-12-8-6-5-7-10(12)11-9-13(29)14(22(21(11)28)30(2,3)4)15-16(23)18(25)20(27)19(26)17(15)24/h5-9,29H,1-4H3. The number of halogens is 5. The molecule has 1 aromatic heterocycles. The van der Waals surface area contributed by atoms with Crippen molar-refractivity contribution in [2.45, 2.75) is 19.6 Å².